The molecule has 120 valence electrons. The molecule has 0 spiro atoms. The van der Waals surface area contributed by atoms with Crippen LogP contribution in [0.1, 0.15) is 11.1 Å². The van der Waals surface area contributed by atoms with Gasteiger partial charge in [0.2, 0.25) is 0 Å². The topological polar surface area (TPSA) is 24.4 Å². The molecule has 0 aliphatic carbocycles. The second-order valence-corrected chi connectivity index (χ2v) is 5.18. The van der Waals surface area contributed by atoms with E-state index in [1.165, 1.54) is 0 Å². The molecule has 2 aromatic rings. The highest BCUT2D eigenvalue weighted by molar-refractivity contribution is 5.76. The van der Waals surface area contributed by atoms with Gasteiger partial charge < -0.3 is 5.32 Å². The van der Waals surface area contributed by atoms with Crippen molar-refractivity contribution in [2.75, 3.05) is 5.32 Å². The zero-order chi connectivity index (χ0) is 16.9. The van der Waals surface area contributed by atoms with E-state index in [0.29, 0.717) is 11.4 Å². The summed E-state index contributed by atoms with van der Waals surface area (Å²) in [7, 11) is 0. The summed E-state index contributed by atoms with van der Waals surface area (Å²) in [5.41, 5.74) is 2.16. The predicted octanol–water partition coefficient (Wildman–Crippen LogP) is 5.56. The van der Waals surface area contributed by atoms with Crippen LogP contribution in [-0.4, -0.2) is 12.4 Å². The first kappa shape index (κ1) is 16.8. The van der Waals surface area contributed by atoms with E-state index in [1.807, 2.05) is 26.0 Å². The van der Waals surface area contributed by atoms with Crippen molar-refractivity contribution in [3.63, 3.8) is 0 Å². The molecule has 0 bridgehead atoms. The number of nitrogens with zero attached hydrogens (tertiary/aromatic N) is 1. The highest BCUT2D eigenvalue weighted by Gasteiger charge is 2.33. The average Bonchev–Trinajstić information content (AvgIpc) is 2.49. The molecule has 0 aromatic heterocycles. The van der Waals surface area contributed by atoms with Crippen LogP contribution in [0.15, 0.2) is 65.3 Å². The van der Waals surface area contributed by atoms with E-state index in [2.05, 4.69) is 10.3 Å². The zero-order valence-electron chi connectivity index (χ0n) is 12.9. The standard InChI is InChI=1S/C18H17F3N2/c1-13-3-7-15(8-4-13)22-12-11-17(18(19,20)21)23-16-9-5-14(2)6-10-16/h3-12,23H,1-2H3/b17-11-,22-12?. The third-order valence-electron chi connectivity index (χ3n) is 3.13. The fraction of sp³-hybridized carbons (Fsp3) is 0.167. The Kier molecular flexibility index (Phi) is 5.21. The Morgan fingerprint density at radius 1 is 0.913 bits per heavy atom. The Balaban J connectivity index is 2.17. The van der Waals surface area contributed by atoms with E-state index >= 15 is 0 Å². The molecule has 0 aliphatic rings. The molecular formula is C18H17F3N2. The van der Waals surface area contributed by atoms with Crippen LogP contribution in [0.3, 0.4) is 0 Å². The second-order valence-electron chi connectivity index (χ2n) is 5.18. The average molecular weight is 318 g/mol. The van der Waals surface area contributed by atoms with Gasteiger partial charge in [0.25, 0.3) is 0 Å². The smallest absolute Gasteiger partial charge is 0.351 e. The van der Waals surface area contributed by atoms with Gasteiger partial charge in [-0.1, -0.05) is 35.4 Å². The van der Waals surface area contributed by atoms with E-state index < -0.39 is 11.9 Å². The summed E-state index contributed by atoms with van der Waals surface area (Å²) in [5.74, 6) is 0. The Bertz CT molecular complexity index is 697. The minimum Gasteiger partial charge on any atom is -0.351 e. The first-order chi connectivity index (χ1) is 10.8. The maximum absolute atomic E-state index is 13.1. The Morgan fingerprint density at radius 3 is 1.96 bits per heavy atom. The van der Waals surface area contributed by atoms with Crippen LogP contribution in [0.25, 0.3) is 0 Å². The molecule has 0 aliphatic heterocycles. The van der Waals surface area contributed by atoms with Crippen molar-refractivity contribution in [2.45, 2.75) is 20.0 Å². The molecule has 5 heteroatoms. The maximum Gasteiger partial charge on any atom is 0.431 e. The molecule has 0 saturated heterocycles. The van der Waals surface area contributed by atoms with Crippen molar-refractivity contribution < 1.29 is 13.2 Å². The van der Waals surface area contributed by atoms with Gasteiger partial charge in [-0.25, -0.2) is 0 Å². The van der Waals surface area contributed by atoms with Crippen LogP contribution in [0.4, 0.5) is 24.5 Å². The SMILES string of the molecule is Cc1ccc(N=C/C=C(\Nc2ccc(C)cc2)C(F)(F)F)cc1. The lowest BCUT2D eigenvalue weighted by Gasteiger charge is -2.13. The highest BCUT2D eigenvalue weighted by Crippen LogP contribution is 2.27. The maximum atomic E-state index is 13.1. The number of alkyl halides is 3. The number of rotatable bonds is 4. The van der Waals surface area contributed by atoms with Crippen LogP contribution in [0.2, 0.25) is 0 Å². The molecular weight excluding hydrogens is 301 g/mol. The second kappa shape index (κ2) is 7.13. The number of hydrogen-bond donors (Lipinski definition) is 1. The quantitative estimate of drug-likeness (QED) is 0.733. The predicted molar refractivity (Wildman–Crippen MR) is 88.3 cm³/mol. The van der Waals surface area contributed by atoms with E-state index in [4.69, 9.17) is 0 Å². The Hall–Kier alpha value is -2.56. The lowest BCUT2D eigenvalue weighted by Crippen LogP contribution is -2.19. The van der Waals surface area contributed by atoms with E-state index in [9.17, 15) is 13.2 Å². The molecule has 0 heterocycles. The largest absolute Gasteiger partial charge is 0.431 e. The molecule has 2 aromatic carbocycles. The summed E-state index contributed by atoms with van der Waals surface area (Å²) >= 11 is 0. The number of anilines is 1. The molecule has 2 nitrogen and oxygen atoms in total. The minimum atomic E-state index is -4.48. The van der Waals surface area contributed by atoms with E-state index in [-0.39, 0.29) is 0 Å². The molecule has 0 fully saturated rings. The fourth-order valence-corrected chi connectivity index (χ4v) is 1.83. The molecule has 1 N–H and O–H groups in total. The zero-order valence-corrected chi connectivity index (χ0v) is 12.9. The van der Waals surface area contributed by atoms with Gasteiger partial charge in [-0.3, -0.25) is 4.99 Å². The van der Waals surface area contributed by atoms with Gasteiger partial charge in [-0.2, -0.15) is 13.2 Å². The van der Waals surface area contributed by atoms with E-state index in [1.54, 1.807) is 36.4 Å². The normalized spacial score (nSPS) is 12.7. The van der Waals surface area contributed by atoms with E-state index in [0.717, 1.165) is 23.4 Å². The monoisotopic (exact) mass is 318 g/mol. The van der Waals surface area contributed by atoms with Gasteiger partial charge >= 0.3 is 6.18 Å². The number of aliphatic imine (C=N–C) groups is 1. The van der Waals surface area contributed by atoms with Crippen LogP contribution >= 0.6 is 0 Å². The number of nitrogens with one attached hydrogen (secondary N) is 1. The Morgan fingerprint density at radius 2 is 1.43 bits per heavy atom. The van der Waals surface area contributed by atoms with Gasteiger partial charge in [0.1, 0.15) is 5.70 Å². The van der Waals surface area contributed by atoms with Gasteiger partial charge in [-0.05, 0) is 44.2 Å². The summed E-state index contributed by atoms with van der Waals surface area (Å²) < 4.78 is 39.2. The van der Waals surface area contributed by atoms with Crippen molar-refractivity contribution >= 4 is 17.6 Å². The molecule has 0 amide bonds. The van der Waals surface area contributed by atoms with Gasteiger partial charge in [0, 0.05) is 11.9 Å². The summed E-state index contributed by atoms with van der Waals surface area (Å²) in [4.78, 5) is 4.02. The molecule has 0 unspecified atom stereocenters. The molecule has 0 atom stereocenters. The van der Waals surface area contributed by atoms with Crippen molar-refractivity contribution in [3.05, 3.63) is 71.4 Å². The Labute approximate surface area is 133 Å². The molecule has 0 saturated carbocycles. The summed E-state index contributed by atoms with van der Waals surface area (Å²) in [6.07, 6.45) is -2.40. The van der Waals surface area contributed by atoms with Crippen LogP contribution < -0.4 is 5.32 Å². The summed E-state index contributed by atoms with van der Waals surface area (Å²) in [6.45, 7) is 3.80. The van der Waals surface area contributed by atoms with Crippen molar-refractivity contribution in [2.24, 2.45) is 4.99 Å². The van der Waals surface area contributed by atoms with Crippen molar-refractivity contribution in [1.82, 2.24) is 0 Å². The number of hydrogen-bond acceptors (Lipinski definition) is 2. The van der Waals surface area contributed by atoms with Crippen LogP contribution in [0, 0.1) is 13.8 Å². The molecule has 2 rings (SSSR count). The highest BCUT2D eigenvalue weighted by atomic mass is 19.4. The number of benzene rings is 2. The summed E-state index contributed by atoms with van der Waals surface area (Å²) in [5, 5.41) is 2.39. The third kappa shape index (κ3) is 5.29. The summed E-state index contributed by atoms with van der Waals surface area (Å²) in [6, 6.07) is 13.9. The van der Waals surface area contributed by atoms with Crippen LogP contribution in [-0.2, 0) is 0 Å². The van der Waals surface area contributed by atoms with Crippen molar-refractivity contribution in [1.29, 1.82) is 0 Å². The first-order valence-corrected chi connectivity index (χ1v) is 7.06. The fourth-order valence-electron chi connectivity index (χ4n) is 1.83. The minimum absolute atomic E-state index is 0.378. The lowest BCUT2D eigenvalue weighted by molar-refractivity contribution is -0.0901. The number of aryl methyl sites for hydroxylation is 2. The van der Waals surface area contributed by atoms with Gasteiger partial charge in [0.05, 0.1) is 5.69 Å². The molecule has 0 radical (unpaired) electrons. The van der Waals surface area contributed by atoms with Gasteiger partial charge in [-0.15, -0.1) is 0 Å². The van der Waals surface area contributed by atoms with Crippen LogP contribution in [0.5, 0.6) is 0 Å². The van der Waals surface area contributed by atoms with Crippen molar-refractivity contribution in [3.8, 4) is 0 Å². The third-order valence-corrected chi connectivity index (χ3v) is 3.13. The molecule has 23 heavy (non-hydrogen) atoms. The van der Waals surface area contributed by atoms with Gasteiger partial charge in [0.15, 0.2) is 0 Å². The lowest BCUT2D eigenvalue weighted by atomic mass is 10.2. The first-order valence-electron chi connectivity index (χ1n) is 7.06. The number of allylic oxidation sites excluding steroid dienone is 2. The number of halogens is 3.